The topological polar surface area (TPSA) is 111 Å². The van der Waals surface area contributed by atoms with Crippen LogP contribution in [-0.2, 0) is 26.6 Å². The number of benzene rings is 1. The van der Waals surface area contributed by atoms with E-state index in [1.54, 1.807) is 0 Å². The maximum absolute atomic E-state index is 11.5. The first-order valence-electron chi connectivity index (χ1n) is 7.47. The van der Waals surface area contributed by atoms with Gasteiger partial charge in [-0.3, -0.25) is 4.68 Å². The molecule has 1 N–H and O–H groups in total. The summed E-state index contributed by atoms with van der Waals surface area (Å²) in [6, 6.07) is 10.1. The SMILES string of the molecule is CCCn1cc(-c2ccccc2)nn1.O=S(=O)(NS(=O)(=O)C(F)(F)F)C(F)(F)F. The zero-order valence-corrected chi connectivity index (χ0v) is 16.1. The molecule has 0 aliphatic carbocycles. The van der Waals surface area contributed by atoms with Crippen LogP contribution in [0.2, 0.25) is 0 Å². The number of sulfonamides is 2. The van der Waals surface area contributed by atoms with Crippen LogP contribution in [0.4, 0.5) is 26.3 Å². The molecule has 8 nitrogen and oxygen atoms in total. The Morgan fingerprint density at radius 3 is 1.83 bits per heavy atom. The molecule has 0 fully saturated rings. The number of aromatic nitrogens is 3. The van der Waals surface area contributed by atoms with E-state index in [0.29, 0.717) is 0 Å². The van der Waals surface area contributed by atoms with E-state index in [0.717, 1.165) is 24.2 Å². The molecule has 1 aromatic heterocycles. The molecule has 0 amide bonds. The molecule has 0 spiro atoms. The molecule has 2 aromatic rings. The Kier molecular flexibility index (Phi) is 7.78. The minimum Gasteiger partial charge on any atom is -0.252 e. The molecular weight excluding hydrogens is 454 g/mol. The second kappa shape index (κ2) is 9.08. The molecule has 1 aromatic carbocycles. The summed E-state index contributed by atoms with van der Waals surface area (Å²) in [6.07, 6.45) is 3.07. The van der Waals surface area contributed by atoms with Crippen molar-refractivity contribution in [2.24, 2.45) is 0 Å². The van der Waals surface area contributed by atoms with Gasteiger partial charge in [0.2, 0.25) is 0 Å². The van der Waals surface area contributed by atoms with Crippen LogP contribution in [0.3, 0.4) is 0 Å². The highest BCUT2D eigenvalue weighted by molar-refractivity contribution is 8.05. The van der Waals surface area contributed by atoms with Gasteiger partial charge in [0.25, 0.3) is 0 Å². The lowest BCUT2D eigenvalue weighted by molar-refractivity contribution is -0.0476. The van der Waals surface area contributed by atoms with Crippen LogP contribution in [0.25, 0.3) is 11.3 Å². The summed E-state index contributed by atoms with van der Waals surface area (Å²) in [7, 11) is -13.2. The lowest BCUT2D eigenvalue weighted by Crippen LogP contribution is -2.45. The summed E-state index contributed by atoms with van der Waals surface area (Å²) in [5.74, 6) is 0. The molecule has 164 valence electrons. The average molecular weight is 468 g/mol. The molecule has 0 saturated carbocycles. The molecule has 0 saturated heterocycles. The Hall–Kier alpha value is -2.20. The number of aryl methyl sites for hydroxylation is 1. The zero-order valence-electron chi connectivity index (χ0n) is 14.4. The zero-order chi connectivity index (χ0) is 22.5. The maximum Gasteiger partial charge on any atom is 0.512 e. The summed E-state index contributed by atoms with van der Waals surface area (Å²) >= 11 is 0. The van der Waals surface area contributed by atoms with Crippen LogP contribution >= 0.6 is 0 Å². The van der Waals surface area contributed by atoms with E-state index in [9.17, 15) is 43.2 Å². The Morgan fingerprint density at radius 2 is 1.41 bits per heavy atom. The van der Waals surface area contributed by atoms with Crippen molar-refractivity contribution in [1.82, 2.24) is 19.1 Å². The standard InChI is InChI=1S/C11H13N3.C2HF6NO4S2/c1-2-8-14-9-11(12-13-14)10-6-4-3-5-7-10;3-1(4,5)14(10,11)9-15(12,13)2(6,7)8/h3-7,9H,2,8H2,1H3;9H. The Bertz CT molecular complexity index is 960. The second-order valence-electron chi connectivity index (χ2n) is 5.21. The molecule has 29 heavy (non-hydrogen) atoms. The highest BCUT2D eigenvalue weighted by Crippen LogP contribution is 2.27. The van der Waals surface area contributed by atoms with Crippen LogP contribution in [0, 0.1) is 0 Å². The molecule has 0 aliphatic rings. The molecule has 0 atom stereocenters. The third kappa shape index (κ3) is 6.97. The van der Waals surface area contributed by atoms with Gasteiger partial charge < -0.3 is 0 Å². The molecule has 0 bridgehead atoms. The van der Waals surface area contributed by atoms with Crippen molar-refractivity contribution >= 4 is 20.0 Å². The second-order valence-corrected chi connectivity index (χ2v) is 8.82. The quantitative estimate of drug-likeness (QED) is 0.676. The number of rotatable bonds is 5. The summed E-state index contributed by atoms with van der Waals surface area (Å²) in [5, 5.41) is 8.17. The molecule has 0 unspecified atom stereocenters. The first-order chi connectivity index (χ1) is 13.1. The van der Waals surface area contributed by atoms with Crippen LogP contribution in [0.5, 0.6) is 0 Å². The fourth-order valence-corrected chi connectivity index (χ4v) is 3.53. The first kappa shape index (κ1) is 24.8. The van der Waals surface area contributed by atoms with Crippen LogP contribution < -0.4 is 4.13 Å². The van der Waals surface area contributed by atoms with Crippen LogP contribution in [0.1, 0.15) is 13.3 Å². The van der Waals surface area contributed by atoms with Crippen LogP contribution in [0.15, 0.2) is 36.5 Å². The van der Waals surface area contributed by atoms with E-state index in [1.165, 1.54) is 0 Å². The number of hydrogen-bond acceptors (Lipinski definition) is 6. The number of nitrogens with zero attached hydrogens (tertiary/aromatic N) is 3. The third-order valence-electron chi connectivity index (χ3n) is 2.89. The van der Waals surface area contributed by atoms with Gasteiger partial charge in [-0.2, -0.15) is 26.3 Å². The fraction of sp³-hybridized carbons (Fsp3) is 0.385. The van der Waals surface area contributed by atoms with Gasteiger partial charge in [-0.05, 0) is 6.42 Å². The monoisotopic (exact) mass is 468 g/mol. The number of alkyl halides is 6. The van der Waals surface area contributed by atoms with Gasteiger partial charge in [0.1, 0.15) is 5.69 Å². The molecule has 0 aliphatic heterocycles. The van der Waals surface area contributed by atoms with E-state index >= 15 is 0 Å². The highest BCUT2D eigenvalue weighted by atomic mass is 32.3. The third-order valence-corrected chi connectivity index (χ3v) is 5.86. The van der Waals surface area contributed by atoms with Gasteiger partial charge in [0.05, 0.1) is 6.20 Å². The van der Waals surface area contributed by atoms with E-state index in [-0.39, 0.29) is 0 Å². The van der Waals surface area contributed by atoms with E-state index in [1.807, 2.05) is 41.2 Å². The van der Waals surface area contributed by atoms with Gasteiger partial charge in [-0.15, -0.1) is 5.10 Å². The fourth-order valence-electron chi connectivity index (χ4n) is 1.62. The van der Waals surface area contributed by atoms with Crippen molar-refractivity contribution < 1.29 is 43.2 Å². The molecule has 16 heteroatoms. The predicted molar refractivity (Wildman–Crippen MR) is 88.8 cm³/mol. The number of halogens is 6. The van der Waals surface area contributed by atoms with Gasteiger partial charge >= 0.3 is 31.1 Å². The van der Waals surface area contributed by atoms with Gasteiger partial charge in [0.15, 0.2) is 0 Å². The summed E-state index contributed by atoms with van der Waals surface area (Å²) in [4.78, 5) is 0. The van der Waals surface area contributed by atoms with Crippen molar-refractivity contribution in [2.45, 2.75) is 30.9 Å². The minimum atomic E-state index is -6.60. The molecule has 1 heterocycles. The molecule has 0 radical (unpaired) electrons. The first-order valence-corrected chi connectivity index (χ1v) is 10.4. The predicted octanol–water partition coefficient (Wildman–Crippen LogP) is 2.63. The van der Waals surface area contributed by atoms with Crippen molar-refractivity contribution in [2.75, 3.05) is 0 Å². The van der Waals surface area contributed by atoms with Crippen molar-refractivity contribution in [3.63, 3.8) is 0 Å². The lowest BCUT2D eigenvalue weighted by atomic mass is 10.2. The maximum atomic E-state index is 11.5. The van der Waals surface area contributed by atoms with E-state index < -0.39 is 35.2 Å². The van der Waals surface area contributed by atoms with Gasteiger partial charge in [-0.1, -0.05) is 46.6 Å². The number of hydrogen-bond donors (Lipinski definition) is 1. The minimum absolute atomic E-state index is 0.493. The number of nitrogens with one attached hydrogen (secondary N) is 1. The summed E-state index contributed by atoms with van der Waals surface area (Å²) in [5.41, 5.74) is -10.2. The average Bonchev–Trinajstić information content (AvgIpc) is 3.02. The lowest BCUT2D eigenvalue weighted by Gasteiger charge is -2.11. The van der Waals surface area contributed by atoms with Gasteiger partial charge in [-0.25, -0.2) is 16.8 Å². The van der Waals surface area contributed by atoms with E-state index in [2.05, 4.69) is 17.2 Å². The molecular formula is C13H14F6N4O4S2. The Labute approximate surface area is 161 Å². The summed E-state index contributed by atoms with van der Waals surface area (Å²) < 4.78 is 110. The van der Waals surface area contributed by atoms with Crippen LogP contribution in [-0.4, -0.2) is 42.8 Å². The van der Waals surface area contributed by atoms with Crippen molar-refractivity contribution in [1.29, 1.82) is 0 Å². The Balaban J connectivity index is 0.000000290. The van der Waals surface area contributed by atoms with E-state index in [4.69, 9.17) is 0 Å². The Morgan fingerprint density at radius 1 is 0.931 bits per heavy atom. The largest absolute Gasteiger partial charge is 0.512 e. The summed E-state index contributed by atoms with van der Waals surface area (Å²) in [6.45, 7) is 3.06. The normalized spacial score (nSPS) is 12.9. The van der Waals surface area contributed by atoms with Crippen molar-refractivity contribution in [3.8, 4) is 11.3 Å². The van der Waals surface area contributed by atoms with Crippen molar-refractivity contribution in [3.05, 3.63) is 36.5 Å². The highest BCUT2D eigenvalue weighted by Gasteiger charge is 2.55. The smallest absolute Gasteiger partial charge is 0.252 e. The van der Waals surface area contributed by atoms with Gasteiger partial charge in [0, 0.05) is 12.1 Å². The molecule has 2 rings (SSSR count).